The summed E-state index contributed by atoms with van der Waals surface area (Å²) in [4.78, 5) is 26.2. The van der Waals surface area contributed by atoms with Gasteiger partial charge in [0.05, 0.1) is 22.8 Å². The zero-order valence-corrected chi connectivity index (χ0v) is 26.5. The van der Waals surface area contributed by atoms with Crippen LogP contribution in [-0.2, 0) is 18.4 Å². The molecule has 2 amide bonds. The molecule has 8 nitrogen and oxygen atoms in total. The molecule has 3 N–H and O–H groups in total. The van der Waals surface area contributed by atoms with Crippen LogP contribution in [0.3, 0.4) is 0 Å². The first-order valence-corrected chi connectivity index (χ1v) is 16.1. The van der Waals surface area contributed by atoms with Crippen LogP contribution < -0.4 is 15.5 Å². The Balaban J connectivity index is 1.24. The predicted octanol–water partition coefficient (Wildman–Crippen LogP) is 7.06. The second-order valence-electron chi connectivity index (χ2n) is 13.1. The third-order valence-electron chi connectivity index (χ3n) is 8.80. The number of amides is 2. The summed E-state index contributed by atoms with van der Waals surface area (Å²) in [6, 6.07) is 10.9. The van der Waals surface area contributed by atoms with E-state index >= 15 is 0 Å². The highest BCUT2D eigenvalue weighted by Gasteiger charge is 2.48. The van der Waals surface area contributed by atoms with E-state index in [0.29, 0.717) is 22.4 Å². The number of para-hydroxylation sites is 2. The van der Waals surface area contributed by atoms with E-state index in [1.54, 1.807) is 17.4 Å². The van der Waals surface area contributed by atoms with Crippen molar-refractivity contribution < 1.29 is 9.90 Å². The zero-order valence-electron chi connectivity index (χ0n) is 25.0. The monoisotopic (exact) mass is 608 g/mol. The lowest BCUT2D eigenvalue weighted by Gasteiger charge is -2.42. The van der Waals surface area contributed by atoms with Gasteiger partial charge in [-0.15, -0.1) is 11.3 Å². The van der Waals surface area contributed by atoms with Gasteiger partial charge in [0.15, 0.2) is 5.13 Å². The van der Waals surface area contributed by atoms with E-state index in [0.717, 1.165) is 81.2 Å². The number of carbonyl (C=O) groups is 1. The Hall–Kier alpha value is -2.85. The van der Waals surface area contributed by atoms with E-state index < -0.39 is 0 Å². The lowest BCUT2D eigenvalue weighted by Crippen LogP contribution is -2.47. The molecule has 0 unspecified atom stereocenters. The first-order valence-electron chi connectivity index (χ1n) is 14.9. The van der Waals surface area contributed by atoms with Gasteiger partial charge in [0.1, 0.15) is 5.75 Å². The Labute approximate surface area is 257 Å². The Bertz CT molecular complexity index is 1480. The molecule has 6 rings (SSSR count). The van der Waals surface area contributed by atoms with Crippen LogP contribution in [0, 0.1) is 5.41 Å². The van der Waals surface area contributed by atoms with Crippen molar-refractivity contribution in [3.8, 4) is 5.75 Å². The van der Waals surface area contributed by atoms with E-state index in [4.69, 9.17) is 16.6 Å². The maximum atomic E-state index is 13.2. The fourth-order valence-corrected chi connectivity index (χ4v) is 8.25. The SMILES string of the molecule is CCN1CCc2nc(NC(=O)Nc3ccccc3N3CC4(CCN(CC(C)(C)C)CC4)c4c(Cl)ccc(O)c43)sc2C1. The number of halogens is 1. The molecular weight excluding hydrogens is 568 g/mol. The number of aromatic hydroxyl groups is 1. The van der Waals surface area contributed by atoms with E-state index in [-0.39, 0.29) is 22.6 Å². The number of likely N-dealkylation sites (tertiary alicyclic amines) is 1. The molecule has 1 aromatic heterocycles. The lowest BCUT2D eigenvalue weighted by atomic mass is 9.74. The predicted molar refractivity (Wildman–Crippen MR) is 173 cm³/mol. The third kappa shape index (κ3) is 5.72. The summed E-state index contributed by atoms with van der Waals surface area (Å²) < 4.78 is 0. The number of phenolic OH excluding ortho intramolecular Hbond substituents is 1. The number of hydrogen-bond acceptors (Lipinski definition) is 7. The Morgan fingerprint density at radius 3 is 2.60 bits per heavy atom. The van der Waals surface area contributed by atoms with Gasteiger partial charge in [-0.2, -0.15) is 0 Å². The van der Waals surface area contributed by atoms with Gasteiger partial charge in [-0.05, 0) is 62.2 Å². The van der Waals surface area contributed by atoms with Crippen molar-refractivity contribution in [1.82, 2.24) is 14.8 Å². The van der Waals surface area contributed by atoms with Crippen LogP contribution in [0.4, 0.5) is 27.0 Å². The fourth-order valence-electron chi connectivity index (χ4n) is 6.85. The molecule has 0 bridgehead atoms. The van der Waals surface area contributed by atoms with Gasteiger partial charge in [0.2, 0.25) is 0 Å². The summed E-state index contributed by atoms with van der Waals surface area (Å²) in [7, 11) is 0. The quantitative estimate of drug-likeness (QED) is 0.288. The van der Waals surface area contributed by atoms with E-state index in [2.05, 4.69) is 53.0 Å². The fraction of sp³-hybridized carbons (Fsp3) is 0.500. The number of likely N-dealkylation sites (N-methyl/N-ethyl adjacent to an activating group) is 1. The average molecular weight is 609 g/mol. The minimum absolute atomic E-state index is 0.179. The third-order valence-corrected chi connectivity index (χ3v) is 10.1. The number of aromatic nitrogens is 1. The van der Waals surface area contributed by atoms with Crippen LogP contribution in [0.25, 0.3) is 0 Å². The Morgan fingerprint density at radius 2 is 1.86 bits per heavy atom. The van der Waals surface area contributed by atoms with Crippen LogP contribution in [0.2, 0.25) is 5.02 Å². The molecule has 1 saturated heterocycles. The Morgan fingerprint density at radius 1 is 1.10 bits per heavy atom. The van der Waals surface area contributed by atoms with E-state index in [1.165, 1.54) is 4.88 Å². The minimum atomic E-state index is -0.333. The molecule has 224 valence electrons. The zero-order chi connectivity index (χ0) is 29.6. The number of anilines is 4. The molecule has 1 fully saturated rings. The standard InChI is InChI=1S/C32H41ClN6O2S/c1-5-37-15-12-23-26(18-37)42-30(35-23)36-29(41)34-22-8-6-7-9-24(22)39-20-32(27-21(33)10-11-25(40)28(27)39)13-16-38(17-14-32)19-31(2,3)4/h6-11,40H,5,12-20H2,1-4H3,(H2,34,35,36,41). The van der Waals surface area contributed by atoms with Crippen molar-refractivity contribution in [2.75, 3.05) is 54.8 Å². The lowest BCUT2D eigenvalue weighted by molar-refractivity contribution is 0.125. The molecule has 4 heterocycles. The van der Waals surface area contributed by atoms with Crippen molar-refractivity contribution in [2.45, 2.75) is 58.9 Å². The van der Waals surface area contributed by atoms with Gasteiger partial charge in [-0.25, -0.2) is 9.78 Å². The summed E-state index contributed by atoms with van der Waals surface area (Å²) >= 11 is 8.44. The molecule has 3 aliphatic rings. The number of thiazole rings is 1. The van der Waals surface area contributed by atoms with Crippen molar-refractivity contribution in [1.29, 1.82) is 0 Å². The number of carbonyl (C=O) groups excluding carboxylic acids is 1. The molecule has 42 heavy (non-hydrogen) atoms. The maximum absolute atomic E-state index is 13.2. The van der Waals surface area contributed by atoms with Crippen molar-refractivity contribution in [3.63, 3.8) is 0 Å². The average Bonchev–Trinajstić information content (AvgIpc) is 3.50. The molecular formula is C32H41ClN6O2S. The molecule has 3 aliphatic heterocycles. The summed E-state index contributed by atoms with van der Waals surface area (Å²) in [5.74, 6) is 0.206. The number of fused-ring (bicyclic) bond motifs is 3. The summed E-state index contributed by atoms with van der Waals surface area (Å²) in [5, 5.41) is 18.5. The summed E-state index contributed by atoms with van der Waals surface area (Å²) in [6.07, 6.45) is 2.81. The first-order chi connectivity index (χ1) is 20.0. The summed E-state index contributed by atoms with van der Waals surface area (Å²) in [6.45, 7) is 15.6. The smallest absolute Gasteiger partial charge is 0.325 e. The first kappa shape index (κ1) is 29.2. The molecule has 0 atom stereocenters. The number of phenols is 1. The van der Waals surface area contributed by atoms with Gasteiger partial charge in [0, 0.05) is 53.5 Å². The number of nitrogens with one attached hydrogen (secondary N) is 2. The van der Waals surface area contributed by atoms with Gasteiger partial charge >= 0.3 is 6.03 Å². The largest absolute Gasteiger partial charge is 0.506 e. The molecule has 0 aliphatic carbocycles. The molecule has 1 spiro atoms. The van der Waals surface area contributed by atoms with Crippen LogP contribution >= 0.6 is 22.9 Å². The number of rotatable bonds is 5. The maximum Gasteiger partial charge on any atom is 0.325 e. The normalized spacial score (nSPS) is 18.6. The number of urea groups is 1. The molecule has 0 saturated carbocycles. The van der Waals surface area contributed by atoms with Crippen molar-refractivity contribution >= 4 is 51.2 Å². The van der Waals surface area contributed by atoms with Gasteiger partial charge in [-0.1, -0.05) is 51.4 Å². The van der Waals surface area contributed by atoms with Crippen molar-refractivity contribution in [2.24, 2.45) is 5.41 Å². The van der Waals surface area contributed by atoms with E-state index in [9.17, 15) is 9.90 Å². The highest BCUT2D eigenvalue weighted by molar-refractivity contribution is 7.15. The number of piperidine rings is 1. The van der Waals surface area contributed by atoms with E-state index in [1.807, 2.05) is 30.3 Å². The minimum Gasteiger partial charge on any atom is -0.506 e. The van der Waals surface area contributed by atoms with Crippen LogP contribution in [-0.4, -0.2) is 65.2 Å². The van der Waals surface area contributed by atoms with Crippen molar-refractivity contribution in [3.05, 3.63) is 57.6 Å². The molecule has 0 radical (unpaired) electrons. The number of hydrogen-bond donors (Lipinski definition) is 3. The topological polar surface area (TPSA) is 84.0 Å². The second kappa shape index (κ2) is 11.3. The van der Waals surface area contributed by atoms with Crippen LogP contribution in [0.1, 0.15) is 56.7 Å². The molecule has 3 aromatic rings. The second-order valence-corrected chi connectivity index (χ2v) is 14.6. The number of nitrogens with zero attached hydrogens (tertiary/aromatic N) is 4. The summed E-state index contributed by atoms with van der Waals surface area (Å²) in [5.41, 5.74) is 4.40. The van der Waals surface area contributed by atoms with Gasteiger partial charge in [-0.3, -0.25) is 10.2 Å². The Kier molecular flexibility index (Phi) is 7.89. The van der Waals surface area contributed by atoms with Crippen LogP contribution in [0.5, 0.6) is 5.75 Å². The number of benzene rings is 2. The van der Waals surface area contributed by atoms with Gasteiger partial charge < -0.3 is 20.2 Å². The molecule has 10 heteroatoms. The highest BCUT2D eigenvalue weighted by atomic mass is 35.5. The van der Waals surface area contributed by atoms with Gasteiger partial charge in [0.25, 0.3) is 0 Å². The van der Waals surface area contributed by atoms with Crippen LogP contribution in [0.15, 0.2) is 36.4 Å². The highest BCUT2D eigenvalue weighted by Crippen LogP contribution is 2.56. The molecule has 2 aromatic carbocycles.